The molecule has 3 heterocycles. The predicted octanol–water partition coefficient (Wildman–Crippen LogP) is 2.84. The molecule has 1 amide bonds. The molecule has 8 heteroatoms. The second-order valence-corrected chi connectivity index (χ2v) is 7.82. The maximum Gasteiger partial charge on any atom is 0.237 e. The van der Waals surface area contributed by atoms with Gasteiger partial charge in [0.25, 0.3) is 0 Å². The number of nitriles is 1. The van der Waals surface area contributed by atoms with Crippen LogP contribution in [0, 0.1) is 11.3 Å². The first-order chi connectivity index (χ1) is 13.5. The molecule has 2 aromatic rings. The molecule has 0 saturated carbocycles. The molecule has 2 aliphatic rings. The minimum atomic E-state index is -1.10. The first-order valence-corrected chi connectivity index (χ1v) is 9.78. The third kappa shape index (κ3) is 4.03. The summed E-state index contributed by atoms with van der Waals surface area (Å²) >= 11 is 5.93. The summed E-state index contributed by atoms with van der Waals surface area (Å²) in [6, 6.07) is 11.3. The Morgan fingerprint density at radius 2 is 2.21 bits per heavy atom. The molecular formula is C20H21ClFN5O. The van der Waals surface area contributed by atoms with E-state index in [0.717, 1.165) is 36.1 Å². The number of rotatable bonds is 4. The smallest absolute Gasteiger partial charge is 0.237 e. The zero-order chi connectivity index (χ0) is 19.7. The molecule has 2 aliphatic heterocycles. The fourth-order valence-corrected chi connectivity index (χ4v) is 4.14. The molecule has 0 bridgehead atoms. The van der Waals surface area contributed by atoms with Gasteiger partial charge in [0.2, 0.25) is 5.91 Å². The number of likely N-dealkylation sites (tertiary alicyclic amines) is 2. The normalized spacial score (nSPS) is 25.2. The number of fused-ring (bicyclic) bond motifs is 1. The number of aromatic nitrogens is 1. The van der Waals surface area contributed by atoms with E-state index in [0.29, 0.717) is 5.15 Å². The lowest BCUT2D eigenvalue weighted by atomic mass is 10.2. The number of alkyl halides is 1. The quantitative estimate of drug-likeness (QED) is 0.797. The number of hydrogen-bond donors (Lipinski definition) is 1. The number of carbonyl (C=O) groups excluding carboxylic acids is 1. The van der Waals surface area contributed by atoms with Crippen molar-refractivity contribution >= 4 is 34.1 Å². The lowest BCUT2D eigenvalue weighted by molar-refractivity contribution is -0.132. The van der Waals surface area contributed by atoms with Gasteiger partial charge in [0.1, 0.15) is 17.4 Å². The van der Waals surface area contributed by atoms with Gasteiger partial charge in [-0.25, -0.2) is 9.37 Å². The Hall–Kier alpha value is -2.43. The molecular weight excluding hydrogens is 381 g/mol. The number of pyridine rings is 1. The molecule has 0 radical (unpaired) electrons. The molecule has 146 valence electrons. The average Bonchev–Trinajstić information content (AvgIpc) is 3.27. The first kappa shape index (κ1) is 18.9. The average molecular weight is 402 g/mol. The maximum atomic E-state index is 13.5. The van der Waals surface area contributed by atoms with Crippen LogP contribution in [0.15, 0.2) is 30.3 Å². The zero-order valence-corrected chi connectivity index (χ0v) is 16.1. The minimum absolute atomic E-state index is 0.0295. The molecule has 2 saturated heterocycles. The standard InChI is InChI=1S/C20H21ClFN5O/c21-19-4-1-13-7-15(2-3-18(13)25-19)24-16-5-6-26(11-16)12-20(28)27-10-14(22)8-17(27)9-23/h1-4,7,14,16-17,24H,5-6,8,10-12H2/t14-,16+,17?/m0/s1. The summed E-state index contributed by atoms with van der Waals surface area (Å²) in [6.45, 7) is 1.77. The molecule has 28 heavy (non-hydrogen) atoms. The maximum absolute atomic E-state index is 13.5. The molecule has 1 unspecified atom stereocenters. The summed E-state index contributed by atoms with van der Waals surface area (Å²) in [7, 11) is 0. The summed E-state index contributed by atoms with van der Waals surface area (Å²) in [5, 5.41) is 14.1. The number of nitrogens with one attached hydrogen (secondary N) is 1. The van der Waals surface area contributed by atoms with E-state index in [1.807, 2.05) is 30.3 Å². The van der Waals surface area contributed by atoms with E-state index in [-0.39, 0.29) is 31.5 Å². The number of nitrogens with zero attached hydrogens (tertiary/aromatic N) is 4. The second-order valence-electron chi connectivity index (χ2n) is 7.43. The summed E-state index contributed by atoms with van der Waals surface area (Å²) < 4.78 is 13.5. The molecule has 1 aromatic carbocycles. The van der Waals surface area contributed by atoms with Crippen LogP contribution in [-0.2, 0) is 4.79 Å². The van der Waals surface area contributed by atoms with Gasteiger partial charge < -0.3 is 10.2 Å². The minimum Gasteiger partial charge on any atom is -0.381 e. The molecule has 3 atom stereocenters. The van der Waals surface area contributed by atoms with Crippen LogP contribution in [0.5, 0.6) is 0 Å². The Morgan fingerprint density at radius 1 is 1.36 bits per heavy atom. The second kappa shape index (κ2) is 7.90. The van der Waals surface area contributed by atoms with Crippen molar-refractivity contribution in [3.63, 3.8) is 0 Å². The van der Waals surface area contributed by atoms with Crippen LogP contribution in [0.2, 0.25) is 5.15 Å². The molecule has 6 nitrogen and oxygen atoms in total. The Morgan fingerprint density at radius 3 is 3.04 bits per heavy atom. The highest BCUT2D eigenvalue weighted by molar-refractivity contribution is 6.29. The van der Waals surface area contributed by atoms with Crippen LogP contribution in [0.4, 0.5) is 10.1 Å². The van der Waals surface area contributed by atoms with Crippen molar-refractivity contribution in [3.05, 3.63) is 35.5 Å². The monoisotopic (exact) mass is 401 g/mol. The van der Waals surface area contributed by atoms with Crippen LogP contribution in [-0.4, -0.2) is 65.1 Å². The van der Waals surface area contributed by atoms with Crippen molar-refractivity contribution in [2.45, 2.75) is 31.1 Å². The lowest BCUT2D eigenvalue weighted by Gasteiger charge is -2.23. The van der Waals surface area contributed by atoms with Gasteiger partial charge in [-0.15, -0.1) is 0 Å². The molecule has 1 aromatic heterocycles. The SMILES string of the molecule is N#CC1C[C@H](F)CN1C(=O)CN1CC[C@@H](Nc2ccc3nc(Cl)ccc3c2)C1. The zero-order valence-electron chi connectivity index (χ0n) is 15.3. The number of benzene rings is 1. The van der Waals surface area contributed by atoms with Gasteiger partial charge in [-0.2, -0.15) is 5.26 Å². The number of anilines is 1. The fourth-order valence-electron chi connectivity index (χ4n) is 3.99. The predicted molar refractivity (Wildman–Crippen MR) is 106 cm³/mol. The lowest BCUT2D eigenvalue weighted by Crippen LogP contribution is -2.42. The molecule has 4 rings (SSSR count). The van der Waals surface area contributed by atoms with Crippen molar-refractivity contribution in [3.8, 4) is 6.07 Å². The van der Waals surface area contributed by atoms with Gasteiger partial charge in [0, 0.05) is 36.6 Å². The summed E-state index contributed by atoms with van der Waals surface area (Å²) in [6.07, 6.45) is -0.0645. The highest BCUT2D eigenvalue weighted by atomic mass is 35.5. The van der Waals surface area contributed by atoms with E-state index in [1.165, 1.54) is 4.90 Å². The Labute approximate surface area is 167 Å². The molecule has 2 fully saturated rings. The van der Waals surface area contributed by atoms with Crippen molar-refractivity contribution in [1.82, 2.24) is 14.8 Å². The fraction of sp³-hybridized carbons (Fsp3) is 0.450. The summed E-state index contributed by atoms with van der Waals surface area (Å²) in [5.41, 5.74) is 1.85. The van der Waals surface area contributed by atoms with Gasteiger partial charge in [-0.3, -0.25) is 9.69 Å². The van der Waals surface area contributed by atoms with Crippen molar-refractivity contribution < 1.29 is 9.18 Å². The van der Waals surface area contributed by atoms with Gasteiger partial charge in [-0.1, -0.05) is 11.6 Å². The topological polar surface area (TPSA) is 72.3 Å². The molecule has 0 aliphatic carbocycles. The van der Waals surface area contributed by atoms with Crippen molar-refractivity contribution in [1.29, 1.82) is 5.26 Å². The summed E-state index contributed by atoms with van der Waals surface area (Å²) in [4.78, 5) is 20.2. The van der Waals surface area contributed by atoms with Crippen LogP contribution in [0.25, 0.3) is 10.9 Å². The highest BCUT2D eigenvalue weighted by Crippen LogP contribution is 2.23. The van der Waals surface area contributed by atoms with Gasteiger partial charge in [-0.05, 0) is 36.8 Å². The van der Waals surface area contributed by atoms with Gasteiger partial charge in [0.05, 0.1) is 24.7 Å². The first-order valence-electron chi connectivity index (χ1n) is 9.40. The van der Waals surface area contributed by atoms with E-state index in [2.05, 4.69) is 15.2 Å². The van der Waals surface area contributed by atoms with E-state index >= 15 is 0 Å². The number of amides is 1. The Balaban J connectivity index is 1.34. The van der Waals surface area contributed by atoms with Gasteiger partial charge >= 0.3 is 0 Å². The highest BCUT2D eigenvalue weighted by Gasteiger charge is 2.36. The van der Waals surface area contributed by atoms with Gasteiger partial charge in [0.15, 0.2) is 0 Å². The van der Waals surface area contributed by atoms with Crippen molar-refractivity contribution in [2.24, 2.45) is 0 Å². The third-order valence-electron chi connectivity index (χ3n) is 5.38. The van der Waals surface area contributed by atoms with Crippen molar-refractivity contribution in [2.75, 3.05) is 31.5 Å². The van der Waals surface area contributed by atoms with E-state index in [1.54, 1.807) is 6.07 Å². The third-order valence-corrected chi connectivity index (χ3v) is 5.59. The molecule has 1 N–H and O–H groups in total. The Kier molecular flexibility index (Phi) is 5.33. The van der Waals surface area contributed by atoms with Crippen LogP contribution in [0.1, 0.15) is 12.8 Å². The van der Waals surface area contributed by atoms with Crippen LogP contribution in [0.3, 0.4) is 0 Å². The Bertz CT molecular complexity index is 932. The number of carbonyl (C=O) groups is 1. The number of hydrogen-bond acceptors (Lipinski definition) is 5. The largest absolute Gasteiger partial charge is 0.381 e. The van der Waals surface area contributed by atoms with E-state index < -0.39 is 12.2 Å². The van der Waals surface area contributed by atoms with E-state index in [4.69, 9.17) is 16.9 Å². The van der Waals surface area contributed by atoms with E-state index in [9.17, 15) is 9.18 Å². The van der Waals surface area contributed by atoms with Crippen LogP contribution >= 0.6 is 11.6 Å². The molecule has 0 spiro atoms. The number of halogens is 2. The van der Waals surface area contributed by atoms with Crippen LogP contribution < -0.4 is 5.32 Å². The summed E-state index contributed by atoms with van der Waals surface area (Å²) in [5.74, 6) is -0.166.